The summed E-state index contributed by atoms with van der Waals surface area (Å²) >= 11 is 5.01. The molecule has 1 amide bonds. The Morgan fingerprint density at radius 3 is 2.83 bits per heavy atom. The minimum Gasteiger partial charge on any atom is -0.393 e. The first-order valence-corrected chi connectivity index (χ1v) is 7.29. The van der Waals surface area contributed by atoms with Gasteiger partial charge in [-0.25, -0.2) is 0 Å². The summed E-state index contributed by atoms with van der Waals surface area (Å²) in [6, 6.07) is 0.823. The van der Waals surface area contributed by atoms with E-state index in [1.807, 2.05) is 11.8 Å². The van der Waals surface area contributed by atoms with Gasteiger partial charge in [-0.1, -0.05) is 19.1 Å². The predicted molar refractivity (Wildman–Crippen MR) is 76.3 cm³/mol. The van der Waals surface area contributed by atoms with Gasteiger partial charge in [-0.3, -0.25) is 9.69 Å². The molecule has 102 valence electrons. The second-order valence-corrected chi connectivity index (χ2v) is 5.97. The topological polar surface area (TPSA) is 49.6 Å². The van der Waals surface area contributed by atoms with E-state index in [1.54, 1.807) is 0 Å². The number of carbonyl (C=O) groups excluding carboxylic acids is 1. The molecule has 0 aromatic carbocycles. The van der Waals surface area contributed by atoms with Crippen LogP contribution in [0, 0.1) is 5.92 Å². The maximum Gasteiger partial charge on any atom is 0.232 e. The number of thiocarbonyl (C=S) groups is 1. The molecule has 2 rings (SSSR count). The average Bonchev–Trinajstić information content (AvgIpc) is 2.75. The number of amides is 1. The van der Waals surface area contributed by atoms with Gasteiger partial charge in [0.05, 0.1) is 10.9 Å². The largest absolute Gasteiger partial charge is 0.393 e. The monoisotopic (exact) mass is 269 g/mol. The van der Waals surface area contributed by atoms with Crippen LogP contribution in [0.5, 0.6) is 0 Å². The van der Waals surface area contributed by atoms with E-state index in [0.29, 0.717) is 17.5 Å². The summed E-state index contributed by atoms with van der Waals surface area (Å²) < 4.78 is 0. The minimum absolute atomic E-state index is 0.129. The Morgan fingerprint density at radius 1 is 1.50 bits per heavy atom. The summed E-state index contributed by atoms with van der Waals surface area (Å²) in [7, 11) is 0. The first kappa shape index (κ1) is 13.7. The summed E-state index contributed by atoms with van der Waals surface area (Å²) in [4.78, 5) is 17.4. The number of nitrogens with zero attached hydrogens (tertiary/aromatic N) is 2. The Hall–Kier alpha value is -0.680. The lowest BCUT2D eigenvalue weighted by molar-refractivity contribution is -0.139. The van der Waals surface area contributed by atoms with E-state index in [4.69, 9.17) is 18.0 Å². The fourth-order valence-electron chi connectivity index (χ4n) is 3.19. The van der Waals surface area contributed by atoms with E-state index in [9.17, 15) is 4.79 Å². The zero-order valence-electron chi connectivity index (χ0n) is 11.3. The van der Waals surface area contributed by atoms with Crippen molar-refractivity contribution in [3.63, 3.8) is 0 Å². The molecule has 2 heterocycles. The molecule has 3 unspecified atom stereocenters. The Kier molecular flexibility index (Phi) is 4.22. The van der Waals surface area contributed by atoms with Gasteiger partial charge in [0.1, 0.15) is 0 Å². The van der Waals surface area contributed by atoms with Crippen molar-refractivity contribution in [1.82, 2.24) is 9.80 Å². The molecule has 0 saturated carbocycles. The Morgan fingerprint density at radius 2 is 2.22 bits per heavy atom. The standard InChI is InChI=1S/C13H23N3OS/c1-3-11(12(14)18)13(17)16-8-10-5-4-6-15(10)7-9(16)2/h9-11H,3-8H2,1-2H3,(H2,14,18). The molecule has 0 bridgehead atoms. The van der Waals surface area contributed by atoms with Gasteiger partial charge in [0.15, 0.2) is 0 Å². The number of piperazine rings is 1. The van der Waals surface area contributed by atoms with E-state index < -0.39 is 0 Å². The highest BCUT2D eigenvalue weighted by molar-refractivity contribution is 7.80. The molecule has 2 saturated heterocycles. The minimum atomic E-state index is -0.282. The summed E-state index contributed by atoms with van der Waals surface area (Å²) in [6.07, 6.45) is 3.16. The second-order valence-electron chi connectivity index (χ2n) is 5.49. The molecular weight excluding hydrogens is 246 g/mol. The SMILES string of the molecule is CCC(C(=O)N1CC2CCCN2CC1C)C(N)=S. The molecule has 3 atom stereocenters. The van der Waals surface area contributed by atoms with E-state index in [2.05, 4.69) is 11.8 Å². The maximum absolute atomic E-state index is 12.5. The van der Waals surface area contributed by atoms with Gasteiger partial charge in [0, 0.05) is 25.2 Å². The van der Waals surface area contributed by atoms with E-state index >= 15 is 0 Å². The lowest BCUT2D eigenvalue weighted by Crippen LogP contribution is -2.58. The van der Waals surface area contributed by atoms with Gasteiger partial charge in [-0.15, -0.1) is 0 Å². The van der Waals surface area contributed by atoms with Crippen molar-refractivity contribution in [3.8, 4) is 0 Å². The highest BCUT2D eigenvalue weighted by Gasteiger charge is 2.38. The zero-order chi connectivity index (χ0) is 13.3. The van der Waals surface area contributed by atoms with Crippen molar-refractivity contribution in [2.24, 2.45) is 11.7 Å². The second kappa shape index (κ2) is 5.53. The highest BCUT2D eigenvalue weighted by Crippen LogP contribution is 2.26. The van der Waals surface area contributed by atoms with Crippen LogP contribution in [-0.4, -0.2) is 52.4 Å². The van der Waals surface area contributed by atoms with Gasteiger partial charge >= 0.3 is 0 Å². The Balaban J connectivity index is 2.07. The van der Waals surface area contributed by atoms with Crippen LogP contribution in [0.25, 0.3) is 0 Å². The van der Waals surface area contributed by atoms with Gasteiger partial charge in [0.2, 0.25) is 5.91 Å². The van der Waals surface area contributed by atoms with Crippen LogP contribution in [-0.2, 0) is 4.79 Å². The quantitative estimate of drug-likeness (QED) is 0.776. The lowest BCUT2D eigenvalue weighted by Gasteiger charge is -2.43. The zero-order valence-corrected chi connectivity index (χ0v) is 12.1. The third kappa shape index (κ3) is 2.52. The van der Waals surface area contributed by atoms with Crippen LogP contribution in [0.4, 0.5) is 0 Å². The van der Waals surface area contributed by atoms with E-state index in [1.165, 1.54) is 19.4 Å². The van der Waals surface area contributed by atoms with E-state index in [0.717, 1.165) is 13.1 Å². The van der Waals surface area contributed by atoms with E-state index in [-0.39, 0.29) is 17.9 Å². The van der Waals surface area contributed by atoms with Crippen molar-refractivity contribution in [3.05, 3.63) is 0 Å². The molecule has 0 radical (unpaired) electrons. The highest BCUT2D eigenvalue weighted by atomic mass is 32.1. The fourth-order valence-corrected chi connectivity index (χ4v) is 3.46. The number of hydrogen-bond acceptors (Lipinski definition) is 3. The van der Waals surface area contributed by atoms with Crippen molar-refractivity contribution < 1.29 is 4.79 Å². The molecule has 0 aromatic rings. The van der Waals surface area contributed by atoms with Crippen molar-refractivity contribution >= 4 is 23.1 Å². The number of fused-ring (bicyclic) bond motifs is 1. The Bertz CT molecular complexity index is 347. The molecule has 2 N–H and O–H groups in total. The fraction of sp³-hybridized carbons (Fsp3) is 0.846. The molecule has 0 spiro atoms. The van der Waals surface area contributed by atoms with Crippen LogP contribution in [0.15, 0.2) is 0 Å². The van der Waals surface area contributed by atoms with Gasteiger partial charge in [-0.2, -0.15) is 0 Å². The Labute approximate surface area is 114 Å². The molecular formula is C13H23N3OS. The molecule has 0 aromatic heterocycles. The van der Waals surface area contributed by atoms with Crippen LogP contribution >= 0.6 is 12.2 Å². The van der Waals surface area contributed by atoms with Crippen molar-refractivity contribution in [2.45, 2.75) is 45.2 Å². The van der Waals surface area contributed by atoms with Crippen LogP contribution in [0.2, 0.25) is 0 Å². The van der Waals surface area contributed by atoms with Crippen molar-refractivity contribution in [2.75, 3.05) is 19.6 Å². The predicted octanol–water partition coefficient (Wildman–Crippen LogP) is 0.994. The molecule has 5 heteroatoms. The number of carbonyl (C=O) groups is 1. The average molecular weight is 269 g/mol. The molecule has 18 heavy (non-hydrogen) atoms. The molecule has 0 aliphatic carbocycles. The molecule has 4 nitrogen and oxygen atoms in total. The van der Waals surface area contributed by atoms with Crippen molar-refractivity contribution in [1.29, 1.82) is 0 Å². The van der Waals surface area contributed by atoms with Gasteiger partial charge < -0.3 is 10.6 Å². The summed E-state index contributed by atoms with van der Waals surface area (Å²) in [5.41, 5.74) is 5.68. The summed E-state index contributed by atoms with van der Waals surface area (Å²) in [5, 5.41) is 0. The smallest absolute Gasteiger partial charge is 0.232 e. The normalized spacial score (nSPS) is 30.0. The van der Waals surface area contributed by atoms with Crippen LogP contribution in [0.1, 0.15) is 33.1 Å². The number of hydrogen-bond donors (Lipinski definition) is 1. The maximum atomic E-state index is 12.5. The summed E-state index contributed by atoms with van der Waals surface area (Å²) in [6.45, 7) is 7.11. The van der Waals surface area contributed by atoms with Crippen LogP contribution < -0.4 is 5.73 Å². The molecule has 2 fully saturated rings. The van der Waals surface area contributed by atoms with Gasteiger partial charge in [0.25, 0.3) is 0 Å². The summed E-state index contributed by atoms with van der Waals surface area (Å²) in [5.74, 6) is -0.153. The first-order valence-electron chi connectivity index (χ1n) is 6.88. The number of rotatable bonds is 3. The molecule has 2 aliphatic heterocycles. The third-order valence-electron chi connectivity index (χ3n) is 4.27. The number of nitrogens with two attached hydrogens (primary N) is 1. The third-order valence-corrected chi connectivity index (χ3v) is 4.55. The molecule has 2 aliphatic rings. The van der Waals surface area contributed by atoms with Crippen LogP contribution in [0.3, 0.4) is 0 Å². The first-order chi connectivity index (χ1) is 8.54. The van der Waals surface area contributed by atoms with Gasteiger partial charge in [-0.05, 0) is 32.7 Å². The lowest BCUT2D eigenvalue weighted by atomic mass is 10.0.